The summed E-state index contributed by atoms with van der Waals surface area (Å²) in [5, 5.41) is 5.73. The number of aromatic amines is 1. The molecule has 0 spiro atoms. The number of rotatable bonds is 36. The zero-order valence-electron chi connectivity index (χ0n) is 79.7. The minimum Gasteiger partial charge on any atom is -0.489 e. The predicted octanol–water partition coefficient (Wildman–Crippen LogP) is 19.4. The Hall–Kier alpha value is -10.1. The lowest BCUT2D eigenvalue weighted by Gasteiger charge is -2.17. The minimum atomic E-state index is -0.915. The maximum atomic E-state index is 13.1. The Morgan fingerprint density at radius 2 is 0.629 bits per heavy atom. The first-order valence-electron chi connectivity index (χ1n) is 44.8. The van der Waals surface area contributed by atoms with Crippen molar-refractivity contribution in [2.75, 3.05) is 7.05 Å². The monoisotopic (exact) mass is 1880 g/mol. The molecule has 0 aliphatic heterocycles. The van der Waals surface area contributed by atoms with Crippen LogP contribution >= 0.6 is 34.8 Å². The second kappa shape index (κ2) is 60.3. The number of H-pyrrole nitrogens is 1. The molecule has 25 heteroatoms. The quantitative estimate of drug-likeness (QED) is 0.0165. The normalized spacial score (nSPS) is 12.8. The van der Waals surface area contributed by atoms with Gasteiger partial charge in [-0.1, -0.05) is 285 Å². The van der Waals surface area contributed by atoms with Gasteiger partial charge in [-0.2, -0.15) is 0 Å². The number of nitrogens with one attached hydrogen (secondary N) is 2. The highest BCUT2D eigenvalue weighted by atomic mass is 35.5. The maximum Gasteiger partial charge on any atom is 0.159 e. The van der Waals surface area contributed by atoms with Crippen LogP contribution in [0.1, 0.15) is 166 Å². The van der Waals surface area contributed by atoms with Crippen LogP contribution in [0.15, 0.2) is 219 Å². The molecule has 10 rings (SSSR count). The summed E-state index contributed by atoms with van der Waals surface area (Å²) in [6.07, 6.45) is 6.07. The fraction of sp³-hybridized carbons (Fsp3) is 0.402. The standard InChI is InChI=1S/C20H25NO2.C14H18N2O.C13H19NO.C12H15ClFNO.2C12H16ClNO.C12H15F2NO.C12H16FNO/c1-15(2)20(22)19(21-3)13-16-9-11-18(12-10-16)23-14-17-7-5-4-6-8-17;1-9(2)14(17)12(15)7-10-8-16-13-6-4-3-5-11(10)13;1-9(2)13(15)12(14)8-11-6-4-10(3)5-7-11;1-7(2)12(16)11(15)6-8-3-4-9(13)10(14)5-8;2*1-8(2)12(15)11(14)7-9-3-5-10(13)6-4-9;1-7(2)12(16)11(15)6-8-3-4-9(13)10(14)5-8;1-8(2)12(15)11(14)7-9-3-5-10(13)6-4-9/h4-12,15,19,21H,13-14H2,1-3H3;3-6,8-9,12,16H,7,15H2,1-2H3;4-7,9,12H,8,14H2,1-3H3;3-5,7,11H,6,15H2,1-2H3;2*3-6,8,11H,7,14H2,1-2H3;3-5,7,11H,6,15H2,1-2H3;3-6,8,11H,7,14H2,1-2H3/t19-;2*12-;5*11-/m11111011/s1. The highest BCUT2D eigenvalue weighted by molar-refractivity contribution is 6.31. The number of ketones is 8. The van der Waals surface area contributed by atoms with Gasteiger partial charge in [-0.25, -0.2) is 17.6 Å². The third-order valence-electron chi connectivity index (χ3n) is 21.1. The number of ether oxygens (including phenoxy) is 1. The average Bonchev–Trinajstić information content (AvgIpc) is 1.68. The summed E-state index contributed by atoms with van der Waals surface area (Å²) in [5.41, 5.74) is 51.6. The first kappa shape index (κ1) is 116. The Morgan fingerprint density at radius 1 is 0.326 bits per heavy atom. The first-order valence-corrected chi connectivity index (χ1v) is 45.9. The van der Waals surface area contributed by atoms with Crippen LogP contribution in [0, 0.1) is 77.5 Å². The van der Waals surface area contributed by atoms with Crippen molar-refractivity contribution < 1.29 is 60.7 Å². The second-order valence-electron chi connectivity index (χ2n) is 35.3. The molecule has 16 N–H and O–H groups in total. The van der Waals surface area contributed by atoms with Crippen molar-refractivity contribution in [1.29, 1.82) is 0 Å². The molecular formula is C107H140Cl3F4N9O9. The molecule has 0 aliphatic carbocycles. The van der Waals surface area contributed by atoms with Gasteiger partial charge in [0.25, 0.3) is 0 Å². The number of aromatic nitrogens is 1. The number of hydrogen-bond acceptors (Lipinski definition) is 17. The lowest BCUT2D eigenvalue weighted by molar-refractivity contribution is -0.124. The molecule has 132 heavy (non-hydrogen) atoms. The molecule has 716 valence electrons. The number of nitrogens with two attached hydrogens (primary N) is 7. The highest BCUT2D eigenvalue weighted by Crippen LogP contribution is 2.24. The number of para-hydroxylation sites is 1. The summed E-state index contributed by atoms with van der Waals surface area (Å²) in [5.74, 6) is -1.35. The molecule has 0 amide bonds. The number of halogens is 7. The largest absolute Gasteiger partial charge is 0.489 e. The first-order chi connectivity index (χ1) is 62.0. The summed E-state index contributed by atoms with van der Waals surface area (Å²) < 4.78 is 57.1. The number of Topliss-reactive ketones (excluding diaryl/α,β-unsaturated/α-hetero) is 8. The number of carbonyl (C=O) groups is 8. The Balaban J connectivity index is 0.000000390. The predicted molar refractivity (Wildman–Crippen MR) is 531 cm³/mol. The lowest BCUT2D eigenvalue weighted by Crippen LogP contribution is -2.38. The fourth-order valence-corrected chi connectivity index (χ4v) is 13.5. The number of fused-ring (bicyclic) bond motifs is 1. The molecule has 1 heterocycles. The van der Waals surface area contributed by atoms with Gasteiger partial charge in [-0.15, -0.1) is 0 Å². The van der Waals surface area contributed by atoms with Crippen LogP contribution in [0.4, 0.5) is 17.6 Å². The molecule has 0 saturated heterocycles. The van der Waals surface area contributed by atoms with Gasteiger partial charge in [0, 0.05) is 74.5 Å². The Bertz CT molecular complexity index is 4800. The minimum absolute atomic E-state index is 0.00444. The van der Waals surface area contributed by atoms with E-state index in [-0.39, 0.29) is 123 Å². The molecule has 0 aliphatic rings. The Kier molecular flexibility index (Phi) is 53.0. The van der Waals surface area contributed by atoms with Crippen molar-refractivity contribution in [3.05, 3.63) is 312 Å². The molecule has 9 aromatic carbocycles. The molecule has 0 fully saturated rings. The molecular weight excluding hydrogens is 1740 g/mol. The number of aryl methyl sites for hydroxylation is 1. The molecule has 10 aromatic rings. The number of hydrogen-bond donors (Lipinski definition) is 9. The average molecular weight is 1880 g/mol. The summed E-state index contributed by atoms with van der Waals surface area (Å²) in [4.78, 5) is 96.4. The van der Waals surface area contributed by atoms with Gasteiger partial charge < -0.3 is 55.2 Å². The van der Waals surface area contributed by atoms with E-state index >= 15 is 0 Å². The van der Waals surface area contributed by atoms with Gasteiger partial charge in [-0.05, 0) is 194 Å². The fourth-order valence-electron chi connectivity index (χ4n) is 13.1. The number of benzene rings is 9. The highest BCUT2D eigenvalue weighted by Gasteiger charge is 2.25. The molecule has 1 aromatic heterocycles. The lowest BCUT2D eigenvalue weighted by atomic mass is 9.96. The maximum absolute atomic E-state index is 13.1. The molecule has 8 atom stereocenters. The van der Waals surface area contributed by atoms with Gasteiger partial charge in [0.1, 0.15) is 24.0 Å². The van der Waals surface area contributed by atoms with E-state index in [4.69, 9.17) is 79.7 Å². The third kappa shape index (κ3) is 43.8. The summed E-state index contributed by atoms with van der Waals surface area (Å²) in [6.45, 7) is 32.2. The van der Waals surface area contributed by atoms with Gasteiger partial charge in [-0.3, -0.25) is 38.4 Å². The number of carbonyl (C=O) groups excluding carboxylic acids is 8. The summed E-state index contributed by atoms with van der Waals surface area (Å²) >= 11 is 17.1. The molecule has 18 nitrogen and oxygen atoms in total. The molecule has 0 radical (unpaired) electrons. The van der Waals surface area contributed by atoms with Crippen molar-refractivity contribution in [2.24, 2.45) is 87.5 Å². The van der Waals surface area contributed by atoms with E-state index in [2.05, 4.69) is 10.3 Å². The van der Waals surface area contributed by atoms with Crippen LogP contribution in [0.5, 0.6) is 5.75 Å². The van der Waals surface area contributed by atoms with Crippen LogP contribution in [0.3, 0.4) is 0 Å². The summed E-state index contributed by atoms with van der Waals surface area (Å²) in [6, 6.07) is 59.7. The van der Waals surface area contributed by atoms with E-state index in [1.807, 2.05) is 255 Å². The van der Waals surface area contributed by atoms with Crippen LogP contribution in [-0.2, 0) is 96.3 Å². The van der Waals surface area contributed by atoms with E-state index in [1.54, 1.807) is 45.9 Å². The summed E-state index contributed by atoms with van der Waals surface area (Å²) in [7, 11) is 1.84. The van der Waals surface area contributed by atoms with E-state index in [0.717, 1.165) is 67.7 Å². The van der Waals surface area contributed by atoms with Crippen LogP contribution in [0.2, 0.25) is 15.1 Å². The SMILES string of the molecule is CC(C)C(=O)[C@@H](N)Cc1ccc(Cl)cc1.CC(C)C(=O)[C@H](N)Cc1c[nH]c2ccccc12.CC(C)C(=O)[C@H](N)Cc1ccc(Cl)c(F)c1.CC(C)C(=O)[C@H](N)Cc1ccc(Cl)cc1.CC(C)C(=O)[C@H](N)Cc1ccc(F)c(F)c1.CC(C)C(=O)[C@H](N)Cc1ccc(F)cc1.CN[C@H](Cc1ccc(OCc2ccccc2)cc1)C(=O)C(C)C.Cc1ccc(C[C@@H](N)C(=O)C(C)C)cc1. The van der Waals surface area contributed by atoms with E-state index in [0.29, 0.717) is 72.7 Å². The molecule has 0 bridgehead atoms. The van der Waals surface area contributed by atoms with Crippen molar-refractivity contribution in [3.8, 4) is 5.75 Å². The van der Waals surface area contributed by atoms with E-state index < -0.39 is 53.7 Å². The third-order valence-corrected chi connectivity index (χ3v) is 21.9. The van der Waals surface area contributed by atoms with Gasteiger partial charge >= 0.3 is 0 Å². The van der Waals surface area contributed by atoms with Crippen molar-refractivity contribution in [1.82, 2.24) is 10.3 Å². The Morgan fingerprint density at radius 3 is 0.985 bits per heavy atom. The van der Waals surface area contributed by atoms with Gasteiger partial charge in [0.15, 0.2) is 57.9 Å². The van der Waals surface area contributed by atoms with Crippen molar-refractivity contribution >= 4 is 92.0 Å². The van der Waals surface area contributed by atoms with Crippen molar-refractivity contribution in [3.63, 3.8) is 0 Å². The second-order valence-corrected chi connectivity index (χ2v) is 36.6. The van der Waals surface area contributed by atoms with Gasteiger partial charge in [0.05, 0.1) is 53.4 Å². The van der Waals surface area contributed by atoms with Gasteiger partial charge in [0.2, 0.25) is 0 Å². The van der Waals surface area contributed by atoms with Crippen LogP contribution in [0.25, 0.3) is 10.9 Å². The van der Waals surface area contributed by atoms with E-state index in [1.165, 1.54) is 35.9 Å². The van der Waals surface area contributed by atoms with Crippen LogP contribution in [-0.4, -0.2) is 107 Å². The van der Waals surface area contributed by atoms with E-state index in [9.17, 15) is 55.9 Å². The zero-order valence-corrected chi connectivity index (χ0v) is 82.0. The van der Waals surface area contributed by atoms with Crippen molar-refractivity contribution in [2.45, 2.75) is 224 Å². The molecule has 0 unspecified atom stereocenters. The zero-order chi connectivity index (χ0) is 99.3. The topological polar surface area (TPSA) is 356 Å². The molecule has 0 saturated carbocycles. The van der Waals surface area contributed by atoms with Crippen LogP contribution < -0.4 is 50.2 Å². The smallest absolute Gasteiger partial charge is 0.159 e. The number of likely N-dealkylation sites (N-methyl/N-ethyl adjacent to an activating group) is 1. The Labute approximate surface area is 794 Å².